The number of fused-ring (bicyclic) bond motifs is 1. The Morgan fingerprint density at radius 1 is 1.17 bits per heavy atom. The van der Waals surface area contributed by atoms with Gasteiger partial charge < -0.3 is 14.5 Å². The Hall–Kier alpha value is -1.85. The molecule has 2 saturated heterocycles. The molecule has 0 radical (unpaired) electrons. The summed E-state index contributed by atoms with van der Waals surface area (Å²) in [4.78, 5) is 21.2. The summed E-state index contributed by atoms with van der Waals surface area (Å²) < 4.78 is 5.30. The molecule has 0 N–H and O–H groups in total. The number of morpholine rings is 1. The maximum Gasteiger partial charge on any atom is 0.229 e. The quantitative estimate of drug-likeness (QED) is 0.846. The molecule has 1 amide bonds. The minimum Gasteiger partial charge on any atom is -0.378 e. The van der Waals surface area contributed by atoms with Gasteiger partial charge in [-0.25, -0.2) is 4.98 Å². The van der Waals surface area contributed by atoms with Crippen molar-refractivity contribution in [1.82, 2.24) is 9.88 Å². The second-order valence-corrected chi connectivity index (χ2v) is 6.48. The van der Waals surface area contributed by atoms with Gasteiger partial charge in [-0.3, -0.25) is 4.79 Å². The third-order valence-electron chi connectivity index (χ3n) is 4.51. The van der Waals surface area contributed by atoms with E-state index in [2.05, 4.69) is 9.88 Å². The molecule has 2 fully saturated rings. The van der Waals surface area contributed by atoms with E-state index in [9.17, 15) is 4.79 Å². The smallest absolute Gasteiger partial charge is 0.229 e. The maximum atomic E-state index is 12.4. The van der Waals surface area contributed by atoms with Crippen molar-refractivity contribution in [3.05, 3.63) is 35.4 Å². The number of anilines is 1. The highest BCUT2D eigenvalue weighted by Gasteiger charge is 2.36. The SMILES string of the molecule is O=C(C1CN(c2ccc3cc(Cl)ccc3n2)C1)N1CCOCC1. The number of rotatable bonds is 2. The molecular weight excluding hydrogens is 314 g/mol. The number of carbonyl (C=O) groups is 1. The topological polar surface area (TPSA) is 45.7 Å². The molecule has 3 heterocycles. The van der Waals surface area contributed by atoms with Gasteiger partial charge in [0.05, 0.1) is 24.6 Å². The molecular formula is C17H18ClN3O2. The Balaban J connectivity index is 1.43. The van der Waals surface area contributed by atoms with E-state index >= 15 is 0 Å². The lowest BCUT2D eigenvalue weighted by Gasteiger charge is -2.42. The van der Waals surface area contributed by atoms with Crippen molar-refractivity contribution in [1.29, 1.82) is 0 Å². The molecule has 2 aromatic rings. The molecule has 0 atom stereocenters. The summed E-state index contributed by atoms with van der Waals surface area (Å²) in [6.07, 6.45) is 0. The van der Waals surface area contributed by atoms with Crippen LogP contribution in [0.25, 0.3) is 10.9 Å². The average Bonchev–Trinajstić information content (AvgIpc) is 2.54. The molecule has 0 aliphatic carbocycles. The number of ether oxygens (including phenoxy) is 1. The van der Waals surface area contributed by atoms with Gasteiger partial charge in [-0.2, -0.15) is 0 Å². The molecule has 2 aliphatic rings. The van der Waals surface area contributed by atoms with Crippen LogP contribution in [0.3, 0.4) is 0 Å². The second-order valence-electron chi connectivity index (χ2n) is 6.05. The molecule has 1 aromatic heterocycles. The molecule has 4 rings (SSSR count). The van der Waals surface area contributed by atoms with Crippen molar-refractivity contribution in [2.45, 2.75) is 0 Å². The number of pyridine rings is 1. The molecule has 0 bridgehead atoms. The summed E-state index contributed by atoms with van der Waals surface area (Å²) in [5.74, 6) is 1.25. The predicted octanol–water partition coefficient (Wildman–Crippen LogP) is 2.18. The van der Waals surface area contributed by atoms with E-state index in [0.717, 1.165) is 29.8 Å². The van der Waals surface area contributed by atoms with Crippen molar-refractivity contribution in [3.63, 3.8) is 0 Å². The second kappa shape index (κ2) is 5.98. The zero-order chi connectivity index (χ0) is 15.8. The molecule has 2 aliphatic heterocycles. The fourth-order valence-corrected chi connectivity index (χ4v) is 3.31. The molecule has 0 saturated carbocycles. The van der Waals surface area contributed by atoms with Crippen molar-refractivity contribution < 1.29 is 9.53 Å². The first-order chi connectivity index (χ1) is 11.2. The van der Waals surface area contributed by atoms with Gasteiger partial charge in [0.1, 0.15) is 5.82 Å². The number of aromatic nitrogens is 1. The molecule has 0 unspecified atom stereocenters. The van der Waals surface area contributed by atoms with Crippen molar-refractivity contribution >= 4 is 34.2 Å². The number of nitrogens with zero attached hydrogens (tertiary/aromatic N) is 3. The summed E-state index contributed by atoms with van der Waals surface area (Å²) >= 11 is 6.00. The Morgan fingerprint density at radius 2 is 1.96 bits per heavy atom. The van der Waals surface area contributed by atoms with Crippen LogP contribution >= 0.6 is 11.6 Å². The number of benzene rings is 1. The standard InChI is InChI=1S/C17H18ClN3O2/c18-14-2-3-15-12(9-14)1-4-16(19-15)21-10-13(11-21)17(22)20-5-7-23-8-6-20/h1-4,9,13H,5-8,10-11H2. The van der Waals surface area contributed by atoms with Gasteiger partial charge in [-0.05, 0) is 30.3 Å². The zero-order valence-corrected chi connectivity index (χ0v) is 13.5. The highest BCUT2D eigenvalue weighted by atomic mass is 35.5. The summed E-state index contributed by atoms with van der Waals surface area (Å²) in [6, 6.07) is 9.71. The van der Waals surface area contributed by atoms with E-state index in [0.29, 0.717) is 31.3 Å². The monoisotopic (exact) mass is 331 g/mol. The number of hydrogen-bond acceptors (Lipinski definition) is 4. The molecule has 6 heteroatoms. The van der Waals surface area contributed by atoms with E-state index in [1.54, 1.807) is 0 Å². The predicted molar refractivity (Wildman–Crippen MR) is 89.9 cm³/mol. The van der Waals surface area contributed by atoms with Gasteiger partial charge in [0, 0.05) is 36.6 Å². The van der Waals surface area contributed by atoms with E-state index in [4.69, 9.17) is 16.3 Å². The molecule has 23 heavy (non-hydrogen) atoms. The Kier molecular flexibility index (Phi) is 3.83. The lowest BCUT2D eigenvalue weighted by molar-refractivity contribution is -0.140. The minimum atomic E-state index is 0.0795. The number of hydrogen-bond donors (Lipinski definition) is 0. The van der Waals surface area contributed by atoms with Crippen LogP contribution in [-0.2, 0) is 9.53 Å². The summed E-state index contributed by atoms with van der Waals surface area (Å²) in [5, 5.41) is 1.75. The Bertz CT molecular complexity index is 740. The van der Waals surface area contributed by atoms with Gasteiger partial charge in [0.25, 0.3) is 0 Å². The summed E-state index contributed by atoms with van der Waals surface area (Å²) in [7, 11) is 0. The average molecular weight is 332 g/mol. The lowest BCUT2D eigenvalue weighted by atomic mass is 9.98. The molecule has 1 aromatic carbocycles. The van der Waals surface area contributed by atoms with Crippen molar-refractivity contribution in [2.24, 2.45) is 5.92 Å². The van der Waals surface area contributed by atoms with Crippen LogP contribution in [0.1, 0.15) is 0 Å². The van der Waals surface area contributed by atoms with E-state index < -0.39 is 0 Å². The fourth-order valence-electron chi connectivity index (χ4n) is 3.13. The highest BCUT2D eigenvalue weighted by molar-refractivity contribution is 6.31. The first-order valence-electron chi connectivity index (χ1n) is 7.88. The number of halogens is 1. The summed E-state index contributed by atoms with van der Waals surface area (Å²) in [6.45, 7) is 4.20. The molecule has 120 valence electrons. The van der Waals surface area contributed by atoms with Gasteiger partial charge >= 0.3 is 0 Å². The van der Waals surface area contributed by atoms with Crippen LogP contribution in [0, 0.1) is 5.92 Å². The van der Waals surface area contributed by atoms with Crippen LogP contribution in [0.15, 0.2) is 30.3 Å². The Morgan fingerprint density at radius 3 is 2.74 bits per heavy atom. The molecule has 0 spiro atoms. The zero-order valence-electron chi connectivity index (χ0n) is 12.7. The van der Waals surface area contributed by atoms with Crippen molar-refractivity contribution in [2.75, 3.05) is 44.3 Å². The third-order valence-corrected chi connectivity index (χ3v) is 4.75. The largest absolute Gasteiger partial charge is 0.378 e. The normalized spacial score (nSPS) is 19.0. The van der Waals surface area contributed by atoms with E-state index in [1.165, 1.54) is 0 Å². The van der Waals surface area contributed by atoms with Crippen LogP contribution < -0.4 is 4.90 Å². The van der Waals surface area contributed by atoms with Crippen LogP contribution in [0.2, 0.25) is 5.02 Å². The number of amides is 1. The third kappa shape index (κ3) is 2.86. The minimum absolute atomic E-state index is 0.0795. The maximum absolute atomic E-state index is 12.4. The fraction of sp³-hybridized carbons (Fsp3) is 0.412. The first-order valence-corrected chi connectivity index (χ1v) is 8.26. The van der Waals surface area contributed by atoms with Crippen LogP contribution in [-0.4, -0.2) is 55.2 Å². The van der Waals surface area contributed by atoms with E-state index in [-0.39, 0.29) is 11.8 Å². The van der Waals surface area contributed by atoms with Gasteiger partial charge in [-0.1, -0.05) is 11.6 Å². The number of carbonyl (C=O) groups excluding carboxylic acids is 1. The first kappa shape index (κ1) is 14.7. The van der Waals surface area contributed by atoms with Crippen LogP contribution in [0.4, 0.5) is 5.82 Å². The molecule has 5 nitrogen and oxygen atoms in total. The summed E-state index contributed by atoms with van der Waals surface area (Å²) in [5.41, 5.74) is 0.926. The Labute approximate surface area is 139 Å². The van der Waals surface area contributed by atoms with Gasteiger partial charge in [0.2, 0.25) is 5.91 Å². The van der Waals surface area contributed by atoms with E-state index in [1.807, 2.05) is 35.2 Å². The van der Waals surface area contributed by atoms with Gasteiger partial charge in [0.15, 0.2) is 0 Å². The van der Waals surface area contributed by atoms with Gasteiger partial charge in [-0.15, -0.1) is 0 Å². The van der Waals surface area contributed by atoms with Crippen LogP contribution in [0.5, 0.6) is 0 Å². The lowest BCUT2D eigenvalue weighted by Crippen LogP contribution is -2.56. The van der Waals surface area contributed by atoms with Crippen molar-refractivity contribution in [3.8, 4) is 0 Å². The highest BCUT2D eigenvalue weighted by Crippen LogP contribution is 2.27.